The largest absolute Gasteiger partial charge is 0.385 e. The van der Waals surface area contributed by atoms with Crippen molar-refractivity contribution in [1.29, 1.82) is 0 Å². The molecule has 0 aromatic carbocycles. The minimum atomic E-state index is -2.99. The molecule has 1 aliphatic rings. The average molecular weight is 306 g/mol. The number of sulfone groups is 1. The molecule has 1 heterocycles. The van der Waals surface area contributed by atoms with Gasteiger partial charge >= 0.3 is 0 Å². The lowest BCUT2D eigenvalue weighted by molar-refractivity contribution is -0.133. The molecule has 0 spiro atoms. The smallest absolute Gasteiger partial charge is 0.222 e. The first-order valence-electron chi connectivity index (χ1n) is 7.10. The third-order valence-electron chi connectivity index (χ3n) is 3.53. The van der Waals surface area contributed by atoms with Crippen molar-refractivity contribution in [3.63, 3.8) is 0 Å². The highest BCUT2D eigenvalue weighted by Crippen LogP contribution is 2.19. The van der Waals surface area contributed by atoms with Crippen LogP contribution in [0.15, 0.2) is 0 Å². The van der Waals surface area contributed by atoms with Crippen LogP contribution < -0.4 is 5.73 Å². The van der Waals surface area contributed by atoms with Gasteiger partial charge in [0.25, 0.3) is 0 Å². The number of methoxy groups -OCH3 is 1. The van der Waals surface area contributed by atoms with Crippen LogP contribution in [0.5, 0.6) is 0 Å². The SMILES string of the molecule is COCCCN(C(=O)CCC(C)N)C1CCS(=O)(=O)C1. The van der Waals surface area contributed by atoms with Crippen molar-refractivity contribution in [2.45, 2.75) is 44.7 Å². The van der Waals surface area contributed by atoms with Crippen LogP contribution in [0.3, 0.4) is 0 Å². The summed E-state index contributed by atoms with van der Waals surface area (Å²) in [7, 11) is -1.37. The molecule has 0 saturated carbocycles. The van der Waals surface area contributed by atoms with Gasteiger partial charge in [-0.25, -0.2) is 8.42 Å². The van der Waals surface area contributed by atoms with E-state index in [1.54, 1.807) is 12.0 Å². The third kappa shape index (κ3) is 5.76. The van der Waals surface area contributed by atoms with Crippen LogP contribution >= 0.6 is 0 Å². The number of amides is 1. The Labute approximate surface area is 121 Å². The van der Waals surface area contributed by atoms with Gasteiger partial charge in [-0.05, 0) is 26.2 Å². The maximum Gasteiger partial charge on any atom is 0.222 e. The van der Waals surface area contributed by atoms with Crippen LogP contribution in [0.4, 0.5) is 0 Å². The number of hydrogen-bond acceptors (Lipinski definition) is 5. The average Bonchev–Trinajstić information content (AvgIpc) is 2.72. The molecule has 0 radical (unpaired) electrons. The molecule has 1 aliphatic heterocycles. The second-order valence-corrected chi connectivity index (χ2v) is 7.74. The summed E-state index contributed by atoms with van der Waals surface area (Å²) in [6, 6.07) is -0.204. The van der Waals surface area contributed by atoms with Gasteiger partial charge < -0.3 is 15.4 Å². The predicted molar refractivity (Wildman–Crippen MR) is 78.1 cm³/mol. The second-order valence-electron chi connectivity index (χ2n) is 5.51. The van der Waals surface area contributed by atoms with Crippen LogP contribution in [-0.2, 0) is 19.4 Å². The molecule has 118 valence electrons. The fourth-order valence-electron chi connectivity index (χ4n) is 2.41. The molecular formula is C13H26N2O4S. The van der Waals surface area contributed by atoms with Crippen molar-refractivity contribution in [1.82, 2.24) is 4.90 Å². The summed E-state index contributed by atoms with van der Waals surface area (Å²) in [5, 5.41) is 0. The van der Waals surface area contributed by atoms with Gasteiger partial charge in [-0.2, -0.15) is 0 Å². The number of carbonyl (C=O) groups is 1. The summed E-state index contributed by atoms with van der Waals surface area (Å²) in [5.41, 5.74) is 5.67. The zero-order valence-corrected chi connectivity index (χ0v) is 13.2. The molecule has 7 heteroatoms. The topological polar surface area (TPSA) is 89.7 Å². The van der Waals surface area contributed by atoms with Gasteiger partial charge in [0.05, 0.1) is 11.5 Å². The molecule has 20 heavy (non-hydrogen) atoms. The van der Waals surface area contributed by atoms with Crippen LogP contribution in [0.25, 0.3) is 0 Å². The highest BCUT2D eigenvalue weighted by Gasteiger charge is 2.34. The van der Waals surface area contributed by atoms with Crippen molar-refractivity contribution in [2.75, 3.05) is 31.8 Å². The van der Waals surface area contributed by atoms with Crippen molar-refractivity contribution in [2.24, 2.45) is 5.73 Å². The molecule has 2 N–H and O–H groups in total. The van der Waals surface area contributed by atoms with E-state index < -0.39 is 9.84 Å². The lowest BCUT2D eigenvalue weighted by Gasteiger charge is -2.28. The van der Waals surface area contributed by atoms with Crippen molar-refractivity contribution < 1.29 is 17.9 Å². The van der Waals surface area contributed by atoms with Crippen LogP contribution in [0.2, 0.25) is 0 Å². The van der Waals surface area contributed by atoms with E-state index in [1.165, 1.54) is 0 Å². The molecule has 6 nitrogen and oxygen atoms in total. The van der Waals surface area contributed by atoms with Gasteiger partial charge in [-0.3, -0.25) is 4.79 Å². The van der Waals surface area contributed by atoms with Gasteiger partial charge in [0.1, 0.15) is 0 Å². The first kappa shape index (κ1) is 17.4. The zero-order chi connectivity index (χ0) is 15.2. The Bertz CT molecular complexity index is 409. The molecule has 1 rings (SSSR count). The minimum absolute atomic E-state index is 0.000466. The van der Waals surface area contributed by atoms with Gasteiger partial charge in [0.15, 0.2) is 9.84 Å². The molecule has 1 amide bonds. The first-order valence-corrected chi connectivity index (χ1v) is 8.92. The fourth-order valence-corrected chi connectivity index (χ4v) is 4.14. The number of rotatable bonds is 8. The zero-order valence-electron chi connectivity index (χ0n) is 12.4. The molecule has 0 aromatic heterocycles. The van der Waals surface area contributed by atoms with Crippen LogP contribution in [0, 0.1) is 0 Å². The van der Waals surface area contributed by atoms with Crippen molar-refractivity contribution >= 4 is 15.7 Å². The molecule has 2 atom stereocenters. The van der Waals surface area contributed by atoms with Gasteiger partial charge in [0, 0.05) is 38.8 Å². The van der Waals surface area contributed by atoms with Gasteiger partial charge in [0.2, 0.25) is 5.91 Å². The van der Waals surface area contributed by atoms with E-state index in [0.717, 1.165) is 6.42 Å². The van der Waals surface area contributed by atoms with Gasteiger partial charge in [-0.1, -0.05) is 0 Å². The highest BCUT2D eigenvalue weighted by molar-refractivity contribution is 7.91. The standard InChI is InChI=1S/C13H26N2O4S/c1-11(14)4-5-13(16)15(7-3-8-19-2)12-6-9-20(17,18)10-12/h11-12H,3-10,14H2,1-2H3. The third-order valence-corrected chi connectivity index (χ3v) is 5.28. The summed E-state index contributed by atoms with van der Waals surface area (Å²) >= 11 is 0. The van der Waals surface area contributed by atoms with E-state index in [1.807, 2.05) is 6.92 Å². The van der Waals surface area contributed by atoms with E-state index in [-0.39, 0.29) is 29.5 Å². The summed E-state index contributed by atoms with van der Waals surface area (Å²) < 4.78 is 28.2. The van der Waals surface area contributed by atoms with E-state index in [9.17, 15) is 13.2 Å². The summed E-state index contributed by atoms with van der Waals surface area (Å²) in [5.74, 6) is 0.267. The van der Waals surface area contributed by atoms with E-state index in [4.69, 9.17) is 10.5 Å². The maximum absolute atomic E-state index is 12.3. The van der Waals surface area contributed by atoms with Crippen molar-refractivity contribution in [3.8, 4) is 0 Å². The molecule has 1 fully saturated rings. The Hall–Kier alpha value is -0.660. The molecule has 1 saturated heterocycles. The number of nitrogens with two attached hydrogens (primary N) is 1. The first-order chi connectivity index (χ1) is 9.35. The Kier molecular flexibility index (Phi) is 6.91. The van der Waals surface area contributed by atoms with Crippen molar-refractivity contribution in [3.05, 3.63) is 0 Å². The second kappa shape index (κ2) is 7.95. The lowest BCUT2D eigenvalue weighted by atomic mass is 10.1. The Morgan fingerprint density at radius 3 is 2.70 bits per heavy atom. The quantitative estimate of drug-likeness (QED) is 0.646. The predicted octanol–water partition coefficient (Wildman–Crippen LogP) is 0.166. The van der Waals surface area contributed by atoms with E-state index >= 15 is 0 Å². The Morgan fingerprint density at radius 2 is 2.20 bits per heavy atom. The Balaban J connectivity index is 2.62. The molecule has 2 unspecified atom stereocenters. The minimum Gasteiger partial charge on any atom is -0.385 e. The highest BCUT2D eigenvalue weighted by atomic mass is 32.2. The Morgan fingerprint density at radius 1 is 1.50 bits per heavy atom. The summed E-state index contributed by atoms with van der Waals surface area (Å²) in [4.78, 5) is 14.0. The molecule has 0 aliphatic carbocycles. The lowest BCUT2D eigenvalue weighted by Crippen LogP contribution is -2.42. The number of ether oxygens (including phenoxy) is 1. The molecular weight excluding hydrogens is 280 g/mol. The number of carbonyl (C=O) groups excluding carboxylic acids is 1. The van der Waals surface area contributed by atoms with Gasteiger partial charge in [-0.15, -0.1) is 0 Å². The van der Waals surface area contributed by atoms with E-state index in [0.29, 0.717) is 32.4 Å². The normalized spacial score (nSPS) is 22.6. The number of hydrogen-bond donors (Lipinski definition) is 1. The van der Waals surface area contributed by atoms with E-state index in [2.05, 4.69) is 0 Å². The number of nitrogens with zero attached hydrogens (tertiary/aromatic N) is 1. The van der Waals surface area contributed by atoms with Crippen LogP contribution in [-0.4, -0.2) is 63.1 Å². The summed E-state index contributed by atoms with van der Waals surface area (Å²) in [6.07, 6.45) is 2.26. The summed E-state index contributed by atoms with van der Waals surface area (Å²) in [6.45, 7) is 2.98. The maximum atomic E-state index is 12.3. The molecule has 0 aromatic rings. The monoisotopic (exact) mass is 306 g/mol. The fraction of sp³-hybridized carbons (Fsp3) is 0.923. The molecule has 0 bridgehead atoms. The van der Waals surface area contributed by atoms with Crippen LogP contribution in [0.1, 0.15) is 32.6 Å².